The zero-order valence-corrected chi connectivity index (χ0v) is 15.2. The van der Waals surface area contributed by atoms with Crippen molar-refractivity contribution in [2.24, 2.45) is 4.99 Å². The first-order valence-corrected chi connectivity index (χ1v) is 8.76. The number of hydrogen-bond donors (Lipinski definition) is 0. The maximum absolute atomic E-state index is 12.3. The number of esters is 1. The van der Waals surface area contributed by atoms with Crippen LogP contribution in [0.3, 0.4) is 0 Å². The fraction of sp³-hybridized carbons (Fsp3) is 0.273. The molecule has 132 valence electrons. The summed E-state index contributed by atoms with van der Waals surface area (Å²) in [5, 5.41) is 4.54. The van der Waals surface area contributed by atoms with Crippen LogP contribution in [0.15, 0.2) is 59.6 Å². The average Bonchev–Trinajstić information content (AvgIpc) is 3.08. The molecule has 0 fully saturated rings. The summed E-state index contributed by atoms with van der Waals surface area (Å²) in [6, 6.07) is 18.0. The van der Waals surface area contributed by atoms with E-state index in [-0.39, 0.29) is 12.6 Å². The van der Waals surface area contributed by atoms with Gasteiger partial charge in [0.2, 0.25) is 5.90 Å². The molecule has 4 rings (SSSR count). The van der Waals surface area contributed by atoms with E-state index < -0.39 is 11.6 Å². The second kappa shape index (κ2) is 6.13. The Morgan fingerprint density at radius 1 is 1.04 bits per heavy atom. The van der Waals surface area contributed by atoms with Crippen LogP contribution in [0.1, 0.15) is 26.3 Å². The lowest BCUT2D eigenvalue weighted by molar-refractivity contribution is -0.156. The predicted octanol–water partition coefficient (Wildman–Crippen LogP) is 4.48. The SMILES string of the molecule is CC(C)(C)OC(=O)C1COC(c2cccc3cc4ccccc4cc23)=N1. The van der Waals surface area contributed by atoms with Gasteiger partial charge in [-0.3, -0.25) is 0 Å². The van der Waals surface area contributed by atoms with Gasteiger partial charge >= 0.3 is 5.97 Å². The van der Waals surface area contributed by atoms with Crippen LogP contribution in [-0.4, -0.2) is 30.1 Å². The van der Waals surface area contributed by atoms with Crippen molar-refractivity contribution in [2.45, 2.75) is 32.4 Å². The van der Waals surface area contributed by atoms with Crippen LogP contribution in [0.2, 0.25) is 0 Å². The van der Waals surface area contributed by atoms with Gasteiger partial charge in [0.25, 0.3) is 0 Å². The van der Waals surface area contributed by atoms with E-state index in [2.05, 4.69) is 35.3 Å². The Morgan fingerprint density at radius 3 is 2.46 bits per heavy atom. The second-order valence-corrected chi connectivity index (χ2v) is 7.52. The quantitative estimate of drug-likeness (QED) is 0.507. The van der Waals surface area contributed by atoms with E-state index >= 15 is 0 Å². The predicted molar refractivity (Wildman–Crippen MR) is 104 cm³/mol. The highest BCUT2D eigenvalue weighted by Crippen LogP contribution is 2.27. The van der Waals surface area contributed by atoms with E-state index in [1.54, 1.807) is 0 Å². The number of benzene rings is 3. The number of ether oxygens (including phenoxy) is 2. The van der Waals surface area contributed by atoms with Crippen LogP contribution in [0, 0.1) is 0 Å². The number of carbonyl (C=O) groups is 1. The fourth-order valence-corrected chi connectivity index (χ4v) is 3.17. The van der Waals surface area contributed by atoms with Crippen molar-refractivity contribution in [3.8, 4) is 0 Å². The smallest absolute Gasteiger partial charge is 0.335 e. The maximum atomic E-state index is 12.3. The minimum Gasteiger partial charge on any atom is -0.475 e. The molecule has 3 aromatic rings. The molecule has 0 saturated heterocycles. The van der Waals surface area contributed by atoms with Crippen molar-refractivity contribution >= 4 is 33.4 Å². The van der Waals surface area contributed by atoms with Crippen LogP contribution in [0.4, 0.5) is 0 Å². The molecule has 1 heterocycles. The first kappa shape index (κ1) is 16.6. The van der Waals surface area contributed by atoms with Gasteiger partial charge in [-0.1, -0.05) is 36.4 Å². The maximum Gasteiger partial charge on any atom is 0.335 e. The molecule has 0 radical (unpaired) electrons. The Hall–Kier alpha value is -2.88. The molecule has 26 heavy (non-hydrogen) atoms. The van der Waals surface area contributed by atoms with Gasteiger partial charge < -0.3 is 9.47 Å². The third-order valence-corrected chi connectivity index (χ3v) is 4.31. The monoisotopic (exact) mass is 347 g/mol. The van der Waals surface area contributed by atoms with E-state index in [1.807, 2.05) is 45.0 Å². The Morgan fingerprint density at radius 2 is 1.73 bits per heavy atom. The lowest BCUT2D eigenvalue weighted by Gasteiger charge is -2.20. The first-order chi connectivity index (χ1) is 12.4. The summed E-state index contributed by atoms with van der Waals surface area (Å²) in [6.07, 6.45) is 0. The zero-order valence-electron chi connectivity index (χ0n) is 15.2. The zero-order chi connectivity index (χ0) is 18.3. The van der Waals surface area contributed by atoms with Crippen LogP contribution in [0.5, 0.6) is 0 Å². The molecule has 0 N–H and O–H groups in total. The third-order valence-electron chi connectivity index (χ3n) is 4.31. The third kappa shape index (κ3) is 3.15. The minimum atomic E-state index is -0.611. The topological polar surface area (TPSA) is 47.9 Å². The molecule has 3 aromatic carbocycles. The average molecular weight is 347 g/mol. The van der Waals surface area contributed by atoms with Crippen molar-refractivity contribution < 1.29 is 14.3 Å². The van der Waals surface area contributed by atoms with Gasteiger partial charge in [0, 0.05) is 5.56 Å². The van der Waals surface area contributed by atoms with Crippen molar-refractivity contribution in [1.29, 1.82) is 0 Å². The van der Waals surface area contributed by atoms with Crippen molar-refractivity contribution in [2.75, 3.05) is 6.61 Å². The normalized spacial score (nSPS) is 17.2. The highest BCUT2D eigenvalue weighted by atomic mass is 16.6. The van der Waals surface area contributed by atoms with Crippen LogP contribution < -0.4 is 0 Å². The number of nitrogens with zero attached hydrogens (tertiary/aromatic N) is 1. The number of rotatable bonds is 2. The van der Waals surface area contributed by atoms with Crippen molar-refractivity contribution in [3.05, 3.63) is 60.2 Å². The molecule has 0 bridgehead atoms. The summed E-state index contributed by atoms with van der Waals surface area (Å²) in [5.74, 6) is 0.153. The van der Waals surface area contributed by atoms with Gasteiger partial charge in [-0.25, -0.2) is 9.79 Å². The Labute approximate surface area is 152 Å². The number of carbonyl (C=O) groups excluding carboxylic acids is 1. The summed E-state index contributed by atoms with van der Waals surface area (Å²) in [4.78, 5) is 16.8. The molecule has 4 heteroatoms. The molecular weight excluding hydrogens is 326 g/mol. The highest BCUT2D eigenvalue weighted by Gasteiger charge is 2.31. The molecule has 4 nitrogen and oxygen atoms in total. The second-order valence-electron chi connectivity index (χ2n) is 7.52. The molecular formula is C22H21NO3. The Bertz CT molecular complexity index is 1030. The molecule has 0 spiro atoms. The Balaban J connectivity index is 1.74. The largest absolute Gasteiger partial charge is 0.475 e. The van der Waals surface area contributed by atoms with Crippen molar-refractivity contribution in [3.63, 3.8) is 0 Å². The molecule has 0 aromatic heterocycles. The first-order valence-electron chi connectivity index (χ1n) is 8.76. The van der Waals surface area contributed by atoms with E-state index in [0.29, 0.717) is 5.90 Å². The molecule has 0 aliphatic carbocycles. The summed E-state index contributed by atoms with van der Waals surface area (Å²) >= 11 is 0. The molecule has 1 atom stereocenters. The minimum absolute atomic E-state index is 0.216. The summed E-state index contributed by atoms with van der Waals surface area (Å²) in [6.45, 7) is 5.76. The summed E-state index contributed by atoms with van der Waals surface area (Å²) in [5.41, 5.74) is 0.368. The molecule has 0 saturated carbocycles. The van der Waals surface area contributed by atoms with Gasteiger partial charge in [-0.2, -0.15) is 0 Å². The summed E-state index contributed by atoms with van der Waals surface area (Å²) in [7, 11) is 0. The van der Waals surface area contributed by atoms with Gasteiger partial charge in [0.05, 0.1) is 0 Å². The summed E-state index contributed by atoms with van der Waals surface area (Å²) < 4.78 is 11.2. The Kier molecular flexibility index (Phi) is 3.91. The van der Waals surface area contributed by atoms with Gasteiger partial charge in [0.15, 0.2) is 6.04 Å². The molecule has 1 aliphatic rings. The van der Waals surface area contributed by atoms with Gasteiger partial charge in [0.1, 0.15) is 12.2 Å². The highest BCUT2D eigenvalue weighted by molar-refractivity contribution is 6.11. The molecule has 1 unspecified atom stereocenters. The number of hydrogen-bond acceptors (Lipinski definition) is 4. The van der Waals surface area contributed by atoms with Crippen LogP contribution >= 0.6 is 0 Å². The van der Waals surface area contributed by atoms with E-state index in [4.69, 9.17) is 9.47 Å². The van der Waals surface area contributed by atoms with Gasteiger partial charge in [-0.15, -0.1) is 0 Å². The van der Waals surface area contributed by atoms with Gasteiger partial charge in [-0.05, 0) is 60.5 Å². The number of aliphatic imine (C=N–C) groups is 1. The van der Waals surface area contributed by atoms with Crippen LogP contribution in [-0.2, 0) is 14.3 Å². The standard InChI is InChI=1S/C22H21NO3/c1-22(2,3)26-21(24)19-13-25-20(23-19)17-10-6-9-16-11-14-7-4-5-8-15(14)12-18(16)17/h4-12,19H,13H2,1-3H3. The van der Waals surface area contributed by atoms with E-state index in [9.17, 15) is 4.79 Å². The lowest BCUT2D eigenvalue weighted by atomic mass is 9.99. The van der Waals surface area contributed by atoms with E-state index in [0.717, 1.165) is 21.7 Å². The van der Waals surface area contributed by atoms with Crippen molar-refractivity contribution in [1.82, 2.24) is 0 Å². The van der Waals surface area contributed by atoms with Crippen LogP contribution in [0.25, 0.3) is 21.5 Å². The fourth-order valence-electron chi connectivity index (χ4n) is 3.17. The lowest BCUT2D eigenvalue weighted by Crippen LogP contribution is -2.31. The molecule has 0 amide bonds. The van der Waals surface area contributed by atoms with E-state index in [1.165, 1.54) is 5.39 Å². The molecule has 1 aliphatic heterocycles. The number of fused-ring (bicyclic) bond motifs is 2.